The Kier molecular flexibility index (Phi) is 4.37. The van der Waals surface area contributed by atoms with Gasteiger partial charge in [0, 0.05) is 38.1 Å². The van der Waals surface area contributed by atoms with Crippen LogP contribution in [0, 0.1) is 12.3 Å². The second-order valence-corrected chi connectivity index (χ2v) is 8.57. The number of thiazole rings is 1. The van der Waals surface area contributed by atoms with Gasteiger partial charge in [-0.2, -0.15) is 5.10 Å². The van der Waals surface area contributed by atoms with Gasteiger partial charge in [-0.25, -0.2) is 4.98 Å². The van der Waals surface area contributed by atoms with Gasteiger partial charge in [0.2, 0.25) is 5.91 Å². The standard InChI is InChI=1S/C18H25N5OS/c1-14-20-15(12-25-14)10-23-13-18(9-17(23)24)4-7-22(8-5-18)11-16-3-6-19-21(16)2/h3,6,12H,4-5,7-11,13H2,1-2H3. The zero-order valence-corrected chi connectivity index (χ0v) is 15.8. The van der Waals surface area contributed by atoms with E-state index in [0.717, 1.165) is 49.7 Å². The minimum atomic E-state index is 0.172. The second kappa shape index (κ2) is 6.53. The summed E-state index contributed by atoms with van der Waals surface area (Å²) in [6.45, 7) is 6.64. The van der Waals surface area contributed by atoms with E-state index in [1.165, 1.54) is 5.69 Å². The molecule has 0 N–H and O–H groups in total. The number of amides is 1. The first kappa shape index (κ1) is 16.7. The summed E-state index contributed by atoms with van der Waals surface area (Å²) in [7, 11) is 1.99. The second-order valence-electron chi connectivity index (χ2n) is 7.51. The van der Waals surface area contributed by atoms with Crippen LogP contribution in [0.2, 0.25) is 0 Å². The number of nitrogens with zero attached hydrogens (tertiary/aromatic N) is 5. The van der Waals surface area contributed by atoms with Crippen molar-refractivity contribution >= 4 is 17.2 Å². The van der Waals surface area contributed by atoms with Crippen molar-refractivity contribution in [1.82, 2.24) is 24.6 Å². The van der Waals surface area contributed by atoms with Crippen LogP contribution >= 0.6 is 11.3 Å². The van der Waals surface area contributed by atoms with Crippen LogP contribution in [-0.4, -0.2) is 50.1 Å². The van der Waals surface area contributed by atoms with Crippen LogP contribution in [0.25, 0.3) is 0 Å². The highest BCUT2D eigenvalue weighted by atomic mass is 32.1. The van der Waals surface area contributed by atoms with Gasteiger partial charge in [0.05, 0.1) is 22.9 Å². The molecule has 0 atom stereocenters. The summed E-state index contributed by atoms with van der Waals surface area (Å²) >= 11 is 1.66. The minimum absolute atomic E-state index is 0.172. The Morgan fingerprint density at radius 2 is 2.08 bits per heavy atom. The normalized spacial score (nSPS) is 20.7. The average molecular weight is 359 g/mol. The molecule has 4 rings (SSSR count). The quantitative estimate of drug-likeness (QED) is 0.840. The topological polar surface area (TPSA) is 54.3 Å². The lowest BCUT2D eigenvalue weighted by atomic mass is 9.77. The lowest BCUT2D eigenvalue weighted by Crippen LogP contribution is -2.41. The number of hydrogen-bond donors (Lipinski definition) is 0. The summed E-state index contributed by atoms with van der Waals surface area (Å²) < 4.78 is 1.95. The van der Waals surface area contributed by atoms with Gasteiger partial charge in [-0.3, -0.25) is 14.4 Å². The smallest absolute Gasteiger partial charge is 0.223 e. The van der Waals surface area contributed by atoms with Crippen LogP contribution in [0.1, 0.15) is 35.7 Å². The maximum absolute atomic E-state index is 12.5. The molecule has 2 aromatic heterocycles. The van der Waals surface area contributed by atoms with E-state index in [1.54, 1.807) is 11.3 Å². The highest BCUT2D eigenvalue weighted by Gasteiger charge is 2.44. The van der Waals surface area contributed by atoms with E-state index in [1.807, 2.05) is 29.7 Å². The number of carbonyl (C=O) groups is 1. The van der Waals surface area contributed by atoms with Gasteiger partial charge in [0.25, 0.3) is 0 Å². The monoisotopic (exact) mass is 359 g/mol. The zero-order chi connectivity index (χ0) is 17.4. The lowest BCUT2D eigenvalue weighted by Gasteiger charge is -2.38. The Bertz CT molecular complexity index is 759. The third-order valence-electron chi connectivity index (χ3n) is 5.65. The van der Waals surface area contributed by atoms with Crippen molar-refractivity contribution in [3.63, 3.8) is 0 Å². The van der Waals surface area contributed by atoms with E-state index >= 15 is 0 Å². The van der Waals surface area contributed by atoms with Gasteiger partial charge < -0.3 is 4.90 Å². The molecule has 25 heavy (non-hydrogen) atoms. The molecule has 7 heteroatoms. The number of carbonyl (C=O) groups excluding carboxylic acids is 1. The Hall–Kier alpha value is -1.73. The molecule has 4 heterocycles. The van der Waals surface area contributed by atoms with Crippen LogP contribution in [-0.2, 0) is 24.9 Å². The van der Waals surface area contributed by atoms with Crippen molar-refractivity contribution in [3.05, 3.63) is 34.0 Å². The van der Waals surface area contributed by atoms with E-state index in [4.69, 9.17) is 0 Å². The molecule has 0 aromatic carbocycles. The van der Waals surface area contributed by atoms with Gasteiger partial charge in [-0.1, -0.05) is 0 Å². The fourth-order valence-electron chi connectivity index (χ4n) is 4.11. The number of aryl methyl sites for hydroxylation is 2. The number of aromatic nitrogens is 3. The highest BCUT2D eigenvalue weighted by molar-refractivity contribution is 7.09. The van der Waals surface area contributed by atoms with E-state index in [-0.39, 0.29) is 5.41 Å². The molecule has 2 fully saturated rings. The Labute approximate surface area is 152 Å². The predicted molar refractivity (Wildman–Crippen MR) is 97.0 cm³/mol. The highest BCUT2D eigenvalue weighted by Crippen LogP contribution is 2.41. The Balaban J connectivity index is 1.35. The van der Waals surface area contributed by atoms with Crippen LogP contribution < -0.4 is 0 Å². The predicted octanol–water partition coefficient (Wildman–Crippen LogP) is 2.20. The Morgan fingerprint density at radius 3 is 2.72 bits per heavy atom. The molecule has 2 aliphatic rings. The first-order valence-corrected chi connectivity index (χ1v) is 9.79. The van der Waals surface area contributed by atoms with Gasteiger partial charge >= 0.3 is 0 Å². The number of rotatable bonds is 4. The summed E-state index contributed by atoms with van der Waals surface area (Å²) in [4.78, 5) is 21.5. The summed E-state index contributed by atoms with van der Waals surface area (Å²) in [5.74, 6) is 0.297. The maximum atomic E-state index is 12.5. The molecular weight excluding hydrogens is 334 g/mol. The van der Waals surface area contributed by atoms with Crippen molar-refractivity contribution in [1.29, 1.82) is 0 Å². The van der Waals surface area contributed by atoms with E-state index in [0.29, 0.717) is 18.9 Å². The summed E-state index contributed by atoms with van der Waals surface area (Å²) in [5.41, 5.74) is 2.45. The molecule has 2 aliphatic heterocycles. The molecule has 6 nitrogen and oxygen atoms in total. The van der Waals surface area contributed by atoms with E-state index in [2.05, 4.69) is 26.4 Å². The van der Waals surface area contributed by atoms with Crippen LogP contribution in [0.4, 0.5) is 0 Å². The minimum Gasteiger partial charge on any atom is -0.336 e. The third kappa shape index (κ3) is 3.48. The lowest BCUT2D eigenvalue weighted by molar-refractivity contribution is -0.128. The molecule has 2 saturated heterocycles. The molecule has 1 amide bonds. The molecule has 0 radical (unpaired) electrons. The summed E-state index contributed by atoms with van der Waals surface area (Å²) in [5, 5.41) is 7.39. The first-order valence-electron chi connectivity index (χ1n) is 8.91. The van der Waals surface area contributed by atoms with Crippen LogP contribution in [0.5, 0.6) is 0 Å². The average Bonchev–Trinajstić information content (AvgIpc) is 3.25. The molecule has 0 bridgehead atoms. The summed E-state index contributed by atoms with van der Waals surface area (Å²) in [6.07, 6.45) is 4.76. The largest absolute Gasteiger partial charge is 0.336 e. The van der Waals surface area contributed by atoms with Crippen molar-refractivity contribution in [2.75, 3.05) is 19.6 Å². The van der Waals surface area contributed by atoms with Crippen LogP contribution in [0.3, 0.4) is 0 Å². The van der Waals surface area contributed by atoms with Gasteiger partial charge in [0.15, 0.2) is 0 Å². The fraction of sp³-hybridized carbons (Fsp3) is 0.611. The first-order chi connectivity index (χ1) is 12.0. The molecule has 1 spiro atoms. The van der Waals surface area contributed by atoms with Gasteiger partial charge in [-0.15, -0.1) is 11.3 Å². The van der Waals surface area contributed by atoms with Crippen LogP contribution in [0.15, 0.2) is 17.6 Å². The number of likely N-dealkylation sites (tertiary alicyclic amines) is 2. The molecule has 134 valence electrons. The van der Waals surface area contributed by atoms with Crippen molar-refractivity contribution < 1.29 is 4.79 Å². The maximum Gasteiger partial charge on any atom is 0.223 e. The zero-order valence-electron chi connectivity index (χ0n) is 14.9. The van der Waals surface area contributed by atoms with Crippen molar-refractivity contribution in [2.24, 2.45) is 12.5 Å². The summed E-state index contributed by atoms with van der Waals surface area (Å²) in [6, 6.07) is 2.08. The van der Waals surface area contributed by atoms with Crippen molar-refractivity contribution in [2.45, 2.75) is 39.3 Å². The van der Waals surface area contributed by atoms with E-state index < -0.39 is 0 Å². The molecule has 0 unspecified atom stereocenters. The SMILES string of the molecule is Cc1nc(CN2CC3(CCN(Cc4ccnn4C)CC3)CC2=O)cs1. The molecule has 0 saturated carbocycles. The number of hydrogen-bond acceptors (Lipinski definition) is 5. The van der Waals surface area contributed by atoms with E-state index in [9.17, 15) is 4.79 Å². The molecular formula is C18H25N5OS. The molecule has 0 aliphatic carbocycles. The van der Waals surface area contributed by atoms with Gasteiger partial charge in [0.1, 0.15) is 0 Å². The van der Waals surface area contributed by atoms with Crippen molar-refractivity contribution in [3.8, 4) is 0 Å². The number of piperidine rings is 1. The van der Waals surface area contributed by atoms with Gasteiger partial charge in [-0.05, 0) is 44.3 Å². The third-order valence-corrected chi connectivity index (χ3v) is 6.47. The fourth-order valence-corrected chi connectivity index (χ4v) is 4.71. The molecule has 2 aromatic rings. The Morgan fingerprint density at radius 1 is 1.28 bits per heavy atom.